The Kier molecular flexibility index (Phi) is 5.48. The van der Waals surface area contributed by atoms with Gasteiger partial charge in [0.15, 0.2) is 11.5 Å². The van der Waals surface area contributed by atoms with E-state index in [0.29, 0.717) is 19.8 Å². The number of rotatable bonds is 6. The van der Waals surface area contributed by atoms with Gasteiger partial charge in [-0.25, -0.2) is 0 Å². The standard InChI is InChI=1S/C15H23NO3/c1-2-4-13(17)11-16-10-12-5-6-14-15(9-12)19-8-3-7-18-14/h5-6,9,13,16-17H,2-4,7-8,10-11H2,1H3. The number of ether oxygens (including phenoxy) is 2. The Labute approximate surface area is 114 Å². The van der Waals surface area contributed by atoms with Crippen molar-refractivity contribution in [1.29, 1.82) is 0 Å². The molecule has 1 unspecified atom stereocenters. The molecule has 0 saturated heterocycles. The molecule has 2 N–H and O–H groups in total. The summed E-state index contributed by atoms with van der Waals surface area (Å²) in [5.41, 5.74) is 1.15. The van der Waals surface area contributed by atoms with Gasteiger partial charge in [-0.1, -0.05) is 19.4 Å². The van der Waals surface area contributed by atoms with E-state index in [4.69, 9.17) is 9.47 Å². The minimum absolute atomic E-state index is 0.259. The fourth-order valence-corrected chi connectivity index (χ4v) is 2.14. The van der Waals surface area contributed by atoms with Crippen LogP contribution in [0.1, 0.15) is 31.7 Å². The van der Waals surface area contributed by atoms with Crippen molar-refractivity contribution >= 4 is 0 Å². The minimum atomic E-state index is -0.259. The third kappa shape index (κ3) is 4.40. The Bertz CT molecular complexity index is 395. The first-order valence-corrected chi connectivity index (χ1v) is 7.07. The van der Waals surface area contributed by atoms with Crippen molar-refractivity contribution in [2.75, 3.05) is 19.8 Å². The van der Waals surface area contributed by atoms with Gasteiger partial charge in [-0.05, 0) is 24.1 Å². The first-order valence-electron chi connectivity index (χ1n) is 7.07. The second kappa shape index (κ2) is 7.36. The Morgan fingerprint density at radius 2 is 2.05 bits per heavy atom. The second-order valence-corrected chi connectivity index (χ2v) is 4.90. The molecule has 0 fully saturated rings. The van der Waals surface area contributed by atoms with Gasteiger partial charge in [-0.2, -0.15) is 0 Å². The van der Waals surface area contributed by atoms with Gasteiger partial charge in [0.2, 0.25) is 0 Å². The average Bonchev–Trinajstić information content (AvgIpc) is 2.63. The molecule has 4 nitrogen and oxygen atoms in total. The summed E-state index contributed by atoms with van der Waals surface area (Å²) < 4.78 is 11.2. The Hall–Kier alpha value is -1.26. The first kappa shape index (κ1) is 14.2. The number of nitrogens with one attached hydrogen (secondary N) is 1. The summed E-state index contributed by atoms with van der Waals surface area (Å²) in [6.45, 7) is 4.86. The maximum absolute atomic E-state index is 9.65. The van der Waals surface area contributed by atoms with Crippen molar-refractivity contribution in [2.45, 2.75) is 38.8 Å². The highest BCUT2D eigenvalue weighted by molar-refractivity contribution is 5.43. The first-order chi connectivity index (χ1) is 9.29. The van der Waals surface area contributed by atoms with Gasteiger partial charge in [0.05, 0.1) is 19.3 Å². The highest BCUT2D eigenvalue weighted by Crippen LogP contribution is 2.30. The molecule has 1 atom stereocenters. The van der Waals surface area contributed by atoms with E-state index in [2.05, 4.69) is 12.2 Å². The summed E-state index contributed by atoms with van der Waals surface area (Å²) in [6, 6.07) is 6.01. The van der Waals surface area contributed by atoms with Gasteiger partial charge in [-0.3, -0.25) is 0 Å². The Morgan fingerprint density at radius 3 is 2.84 bits per heavy atom. The van der Waals surface area contributed by atoms with Crippen LogP contribution in [0.15, 0.2) is 18.2 Å². The van der Waals surface area contributed by atoms with Gasteiger partial charge in [0.25, 0.3) is 0 Å². The molecule has 19 heavy (non-hydrogen) atoms. The van der Waals surface area contributed by atoms with Crippen LogP contribution in [0.5, 0.6) is 11.5 Å². The monoisotopic (exact) mass is 265 g/mol. The Morgan fingerprint density at radius 1 is 1.26 bits per heavy atom. The van der Waals surface area contributed by atoms with Gasteiger partial charge in [0, 0.05) is 19.5 Å². The number of benzene rings is 1. The number of aliphatic hydroxyl groups is 1. The molecule has 0 radical (unpaired) electrons. The van der Waals surface area contributed by atoms with E-state index in [9.17, 15) is 5.11 Å². The molecule has 0 saturated carbocycles. The van der Waals surface area contributed by atoms with Crippen molar-refractivity contribution in [1.82, 2.24) is 5.32 Å². The molecular weight excluding hydrogens is 242 g/mol. The lowest BCUT2D eigenvalue weighted by Gasteiger charge is -2.12. The van der Waals surface area contributed by atoms with E-state index < -0.39 is 0 Å². The van der Waals surface area contributed by atoms with E-state index in [1.54, 1.807) is 0 Å². The fourth-order valence-electron chi connectivity index (χ4n) is 2.14. The predicted molar refractivity (Wildman–Crippen MR) is 74.7 cm³/mol. The Balaban J connectivity index is 1.86. The normalized spacial score (nSPS) is 15.9. The molecule has 0 spiro atoms. The van der Waals surface area contributed by atoms with Gasteiger partial charge >= 0.3 is 0 Å². The third-order valence-corrected chi connectivity index (χ3v) is 3.14. The van der Waals surface area contributed by atoms with E-state index in [1.807, 2.05) is 18.2 Å². The zero-order valence-corrected chi connectivity index (χ0v) is 11.5. The number of aliphatic hydroxyl groups excluding tert-OH is 1. The van der Waals surface area contributed by atoms with E-state index >= 15 is 0 Å². The molecule has 1 aliphatic rings. The summed E-state index contributed by atoms with van der Waals surface area (Å²) in [7, 11) is 0. The number of hydrogen-bond acceptors (Lipinski definition) is 4. The summed E-state index contributed by atoms with van der Waals surface area (Å²) in [4.78, 5) is 0. The quantitative estimate of drug-likeness (QED) is 0.827. The van der Waals surface area contributed by atoms with Crippen molar-refractivity contribution in [3.05, 3.63) is 23.8 Å². The lowest BCUT2D eigenvalue weighted by molar-refractivity contribution is 0.160. The maximum atomic E-state index is 9.65. The van der Waals surface area contributed by atoms with Crippen LogP contribution in [0.4, 0.5) is 0 Å². The van der Waals surface area contributed by atoms with Crippen LogP contribution < -0.4 is 14.8 Å². The van der Waals surface area contributed by atoms with Crippen molar-refractivity contribution in [2.24, 2.45) is 0 Å². The van der Waals surface area contributed by atoms with Crippen LogP contribution in [0.25, 0.3) is 0 Å². The topological polar surface area (TPSA) is 50.7 Å². The summed E-state index contributed by atoms with van der Waals surface area (Å²) >= 11 is 0. The van der Waals surface area contributed by atoms with E-state index in [0.717, 1.165) is 42.9 Å². The maximum Gasteiger partial charge on any atom is 0.161 e. The second-order valence-electron chi connectivity index (χ2n) is 4.90. The van der Waals surface area contributed by atoms with E-state index in [-0.39, 0.29) is 6.10 Å². The lowest BCUT2D eigenvalue weighted by Crippen LogP contribution is -2.26. The predicted octanol–water partition coefficient (Wildman–Crippen LogP) is 2.10. The molecule has 1 aromatic rings. The van der Waals surface area contributed by atoms with Crippen LogP contribution in [-0.2, 0) is 6.54 Å². The largest absolute Gasteiger partial charge is 0.490 e. The molecule has 1 aromatic carbocycles. The minimum Gasteiger partial charge on any atom is -0.490 e. The molecule has 1 heterocycles. The van der Waals surface area contributed by atoms with E-state index in [1.165, 1.54) is 0 Å². The van der Waals surface area contributed by atoms with Crippen LogP contribution in [0.3, 0.4) is 0 Å². The van der Waals surface area contributed by atoms with Crippen LogP contribution in [0.2, 0.25) is 0 Å². The van der Waals surface area contributed by atoms with Gasteiger partial charge < -0.3 is 19.9 Å². The van der Waals surface area contributed by atoms with Crippen molar-refractivity contribution in [3.8, 4) is 11.5 Å². The molecule has 0 aromatic heterocycles. The molecule has 1 aliphatic heterocycles. The highest BCUT2D eigenvalue weighted by Gasteiger charge is 2.10. The zero-order valence-electron chi connectivity index (χ0n) is 11.5. The lowest BCUT2D eigenvalue weighted by atomic mass is 10.2. The highest BCUT2D eigenvalue weighted by atomic mass is 16.5. The van der Waals surface area contributed by atoms with Crippen LogP contribution >= 0.6 is 0 Å². The molecule has 106 valence electrons. The fraction of sp³-hybridized carbons (Fsp3) is 0.600. The summed E-state index contributed by atoms with van der Waals surface area (Å²) in [5.74, 6) is 1.65. The SMILES string of the molecule is CCCC(O)CNCc1ccc2c(c1)OCCCO2. The molecule has 0 aliphatic carbocycles. The van der Waals surface area contributed by atoms with Crippen LogP contribution in [0, 0.1) is 0 Å². The molecule has 2 rings (SSSR count). The number of hydrogen-bond donors (Lipinski definition) is 2. The average molecular weight is 265 g/mol. The van der Waals surface area contributed by atoms with Crippen molar-refractivity contribution < 1.29 is 14.6 Å². The third-order valence-electron chi connectivity index (χ3n) is 3.14. The van der Waals surface area contributed by atoms with Crippen LogP contribution in [-0.4, -0.2) is 31.0 Å². The molecule has 0 bridgehead atoms. The summed E-state index contributed by atoms with van der Waals surface area (Å²) in [6.07, 6.45) is 2.51. The summed E-state index contributed by atoms with van der Waals surface area (Å²) in [5, 5.41) is 12.9. The smallest absolute Gasteiger partial charge is 0.161 e. The molecule has 4 heteroatoms. The molecular formula is C15H23NO3. The van der Waals surface area contributed by atoms with Gasteiger partial charge in [-0.15, -0.1) is 0 Å². The van der Waals surface area contributed by atoms with Crippen molar-refractivity contribution in [3.63, 3.8) is 0 Å². The molecule has 0 amide bonds. The van der Waals surface area contributed by atoms with Gasteiger partial charge in [0.1, 0.15) is 0 Å². The number of fused-ring (bicyclic) bond motifs is 1. The zero-order chi connectivity index (χ0) is 13.5.